The van der Waals surface area contributed by atoms with E-state index in [1.165, 1.54) is 57.8 Å². The molecular formula is C21H40O5. The van der Waals surface area contributed by atoms with E-state index in [-0.39, 0.29) is 18.3 Å². The van der Waals surface area contributed by atoms with Gasteiger partial charge in [-0.3, -0.25) is 0 Å². The molecule has 1 N–H and O–H groups in total. The highest BCUT2D eigenvalue weighted by atomic mass is 16.8. The van der Waals surface area contributed by atoms with Gasteiger partial charge in [0.25, 0.3) is 0 Å². The Hall–Kier alpha value is -0.200. The zero-order valence-corrected chi connectivity index (χ0v) is 17.2. The van der Waals surface area contributed by atoms with Crippen molar-refractivity contribution in [1.82, 2.24) is 0 Å². The number of ether oxygens (including phenoxy) is 4. The van der Waals surface area contributed by atoms with Gasteiger partial charge in [0.05, 0.1) is 6.10 Å². The molecule has 5 heteroatoms. The molecule has 0 aromatic carbocycles. The average molecular weight is 373 g/mol. The van der Waals surface area contributed by atoms with Gasteiger partial charge in [0.15, 0.2) is 12.1 Å². The SMILES string of the molecule is CCCCCCCCCCCCO[C@@H]1O[C@@H](C)[C@H](O)[C@H]2OC(C)(C)O[C@@H]12. The first kappa shape index (κ1) is 22.1. The van der Waals surface area contributed by atoms with E-state index in [4.69, 9.17) is 18.9 Å². The first-order valence-corrected chi connectivity index (χ1v) is 10.8. The number of unbranched alkanes of at least 4 members (excludes halogenated alkanes) is 9. The quantitative estimate of drug-likeness (QED) is 0.509. The number of fused-ring (bicyclic) bond motifs is 1. The highest BCUT2D eigenvalue weighted by molar-refractivity contribution is 4.94. The lowest BCUT2D eigenvalue weighted by Gasteiger charge is -2.38. The molecule has 0 unspecified atom stereocenters. The van der Waals surface area contributed by atoms with Gasteiger partial charge in [-0.25, -0.2) is 0 Å². The van der Waals surface area contributed by atoms with Crippen molar-refractivity contribution < 1.29 is 24.1 Å². The monoisotopic (exact) mass is 372 g/mol. The highest BCUT2D eigenvalue weighted by Crippen LogP contribution is 2.37. The van der Waals surface area contributed by atoms with Crippen molar-refractivity contribution >= 4 is 0 Å². The largest absolute Gasteiger partial charge is 0.388 e. The highest BCUT2D eigenvalue weighted by Gasteiger charge is 2.54. The van der Waals surface area contributed by atoms with Gasteiger partial charge < -0.3 is 24.1 Å². The third-order valence-corrected chi connectivity index (χ3v) is 5.38. The predicted molar refractivity (Wildman–Crippen MR) is 102 cm³/mol. The normalized spacial score (nSPS) is 33.3. The van der Waals surface area contributed by atoms with Gasteiger partial charge in [-0.05, 0) is 27.2 Å². The summed E-state index contributed by atoms with van der Waals surface area (Å²) in [6, 6.07) is 0. The molecule has 2 heterocycles. The van der Waals surface area contributed by atoms with Crippen molar-refractivity contribution in [2.45, 2.75) is 128 Å². The smallest absolute Gasteiger partial charge is 0.186 e. The van der Waals surface area contributed by atoms with Crippen LogP contribution in [-0.4, -0.2) is 48.2 Å². The summed E-state index contributed by atoms with van der Waals surface area (Å²) in [7, 11) is 0. The third-order valence-electron chi connectivity index (χ3n) is 5.38. The molecule has 0 aromatic rings. The topological polar surface area (TPSA) is 57.2 Å². The molecule has 0 spiro atoms. The van der Waals surface area contributed by atoms with Crippen LogP contribution < -0.4 is 0 Å². The van der Waals surface area contributed by atoms with Crippen molar-refractivity contribution in [1.29, 1.82) is 0 Å². The van der Waals surface area contributed by atoms with Crippen molar-refractivity contribution in [2.75, 3.05) is 6.61 Å². The van der Waals surface area contributed by atoms with Gasteiger partial charge in [-0.2, -0.15) is 0 Å². The van der Waals surface area contributed by atoms with Crippen LogP contribution in [0.2, 0.25) is 0 Å². The molecule has 0 bridgehead atoms. The number of hydrogen-bond donors (Lipinski definition) is 1. The fourth-order valence-corrected chi connectivity index (χ4v) is 3.85. The Bertz CT molecular complexity index is 387. The summed E-state index contributed by atoms with van der Waals surface area (Å²) < 4.78 is 23.5. The molecule has 5 nitrogen and oxygen atoms in total. The first-order valence-electron chi connectivity index (χ1n) is 10.8. The number of aliphatic hydroxyl groups excluding tert-OH is 1. The fourth-order valence-electron chi connectivity index (χ4n) is 3.85. The lowest BCUT2D eigenvalue weighted by Crippen LogP contribution is -2.56. The molecule has 2 aliphatic heterocycles. The second kappa shape index (κ2) is 11.0. The van der Waals surface area contributed by atoms with Crippen LogP contribution in [0.15, 0.2) is 0 Å². The van der Waals surface area contributed by atoms with E-state index in [2.05, 4.69) is 6.92 Å². The second-order valence-corrected chi connectivity index (χ2v) is 8.32. The molecule has 0 radical (unpaired) electrons. The van der Waals surface area contributed by atoms with Gasteiger partial charge in [0.1, 0.15) is 18.3 Å². The molecule has 5 atom stereocenters. The molecule has 0 aromatic heterocycles. The van der Waals surface area contributed by atoms with Crippen LogP contribution in [0.25, 0.3) is 0 Å². The summed E-state index contributed by atoms with van der Waals surface area (Å²) in [4.78, 5) is 0. The van der Waals surface area contributed by atoms with E-state index in [0.717, 1.165) is 6.42 Å². The number of hydrogen-bond acceptors (Lipinski definition) is 5. The molecule has 26 heavy (non-hydrogen) atoms. The second-order valence-electron chi connectivity index (χ2n) is 8.32. The Kier molecular flexibility index (Phi) is 9.31. The minimum atomic E-state index is -0.706. The van der Waals surface area contributed by atoms with Gasteiger partial charge >= 0.3 is 0 Å². The van der Waals surface area contributed by atoms with Gasteiger partial charge in [0, 0.05) is 6.61 Å². The Morgan fingerprint density at radius 3 is 2.00 bits per heavy atom. The Labute approximate surface area is 159 Å². The van der Waals surface area contributed by atoms with Gasteiger partial charge in [-0.1, -0.05) is 64.7 Å². The lowest BCUT2D eigenvalue weighted by molar-refractivity contribution is -0.271. The van der Waals surface area contributed by atoms with E-state index in [9.17, 15) is 5.11 Å². The minimum Gasteiger partial charge on any atom is -0.388 e. The summed E-state index contributed by atoms with van der Waals surface area (Å²) in [6.45, 7) is 8.50. The van der Waals surface area contributed by atoms with E-state index in [0.29, 0.717) is 6.61 Å². The zero-order chi connectivity index (χ0) is 19.0. The molecular weight excluding hydrogens is 332 g/mol. The van der Waals surface area contributed by atoms with Crippen molar-refractivity contribution in [3.05, 3.63) is 0 Å². The molecule has 0 aliphatic carbocycles. The number of rotatable bonds is 12. The van der Waals surface area contributed by atoms with Crippen molar-refractivity contribution in [3.8, 4) is 0 Å². The van der Waals surface area contributed by atoms with Crippen molar-refractivity contribution in [3.63, 3.8) is 0 Å². The van der Waals surface area contributed by atoms with E-state index in [1.807, 2.05) is 20.8 Å². The maximum absolute atomic E-state index is 10.3. The van der Waals surface area contributed by atoms with Crippen LogP contribution in [0.4, 0.5) is 0 Å². The Morgan fingerprint density at radius 1 is 0.846 bits per heavy atom. The standard InChI is InChI=1S/C21H40O5/c1-5-6-7-8-9-10-11-12-13-14-15-23-20-19-18(17(22)16(2)24-20)25-21(3,4)26-19/h16-20,22H,5-15H2,1-4H3/t16-,17-,18+,19+,20+/m0/s1. The van der Waals surface area contributed by atoms with E-state index in [1.54, 1.807) is 0 Å². The molecule has 2 saturated heterocycles. The summed E-state index contributed by atoms with van der Waals surface area (Å²) >= 11 is 0. The van der Waals surface area contributed by atoms with Gasteiger partial charge in [-0.15, -0.1) is 0 Å². The Balaban J connectivity index is 1.56. The first-order chi connectivity index (χ1) is 12.4. The molecule has 0 amide bonds. The molecule has 2 rings (SSSR count). The molecule has 0 saturated carbocycles. The maximum Gasteiger partial charge on any atom is 0.186 e. The number of aliphatic hydroxyl groups is 1. The van der Waals surface area contributed by atoms with Crippen LogP contribution in [0.1, 0.15) is 91.9 Å². The summed E-state index contributed by atoms with van der Waals surface area (Å²) in [5, 5.41) is 10.3. The van der Waals surface area contributed by atoms with Crippen LogP contribution in [0, 0.1) is 0 Å². The van der Waals surface area contributed by atoms with Crippen LogP contribution >= 0.6 is 0 Å². The van der Waals surface area contributed by atoms with Crippen LogP contribution in [-0.2, 0) is 18.9 Å². The summed E-state index contributed by atoms with van der Waals surface area (Å²) in [6.07, 6.45) is 10.8. The van der Waals surface area contributed by atoms with Crippen LogP contribution in [0.5, 0.6) is 0 Å². The summed E-state index contributed by atoms with van der Waals surface area (Å²) in [5.74, 6) is -0.706. The molecule has 154 valence electrons. The van der Waals surface area contributed by atoms with E-state index < -0.39 is 18.2 Å². The van der Waals surface area contributed by atoms with Crippen LogP contribution in [0.3, 0.4) is 0 Å². The van der Waals surface area contributed by atoms with Gasteiger partial charge in [0.2, 0.25) is 0 Å². The lowest BCUT2D eigenvalue weighted by atomic mass is 10.00. The van der Waals surface area contributed by atoms with E-state index >= 15 is 0 Å². The molecule has 2 aliphatic rings. The molecule has 2 fully saturated rings. The fraction of sp³-hybridized carbons (Fsp3) is 1.00. The average Bonchev–Trinajstić information content (AvgIpc) is 2.93. The minimum absolute atomic E-state index is 0.313. The Morgan fingerprint density at radius 2 is 1.38 bits per heavy atom. The third kappa shape index (κ3) is 6.75. The maximum atomic E-state index is 10.3. The summed E-state index contributed by atoms with van der Waals surface area (Å²) in [5.41, 5.74) is 0. The zero-order valence-electron chi connectivity index (χ0n) is 17.2. The van der Waals surface area contributed by atoms with Crippen molar-refractivity contribution in [2.24, 2.45) is 0 Å². The predicted octanol–water partition coefficient (Wildman–Crippen LogP) is 4.55.